The fourth-order valence-corrected chi connectivity index (χ4v) is 3.08. The Hall–Kier alpha value is -0.940. The van der Waals surface area contributed by atoms with Crippen molar-refractivity contribution in [1.29, 1.82) is 0 Å². The van der Waals surface area contributed by atoms with Crippen molar-refractivity contribution >= 4 is 17.4 Å². The topological polar surface area (TPSA) is 53.4 Å². The Labute approximate surface area is 105 Å². The minimum atomic E-state index is -0.352. The van der Waals surface area contributed by atoms with Crippen molar-refractivity contribution in [3.05, 3.63) is 16.6 Å². The molecule has 0 aliphatic carbocycles. The van der Waals surface area contributed by atoms with E-state index in [-0.39, 0.29) is 18.1 Å². The molecule has 1 amide bonds. The van der Waals surface area contributed by atoms with Gasteiger partial charge >= 0.3 is 0 Å². The summed E-state index contributed by atoms with van der Waals surface area (Å²) in [6.07, 6.45) is 2.34. The summed E-state index contributed by atoms with van der Waals surface area (Å²) in [6, 6.07) is 0.182. The molecule has 0 saturated carbocycles. The quantitative estimate of drug-likeness (QED) is 0.895. The van der Waals surface area contributed by atoms with E-state index in [0.29, 0.717) is 12.0 Å². The number of rotatable bonds is 3. The molecule has 1 fully saturated rings. The zero-order valence-corrected chi connectivity index (χ0v) is 11.0. The number of hydrogen-bond acceptors (Lipinski definition) is 4. The molecule has 1 N–H and O–H groups in total. The lowest BCUT2D eigenvalue weighted by atomic mass is 10.1. The van der Waals surface area contributed by atoms with Crippen molar-refractivity contribution in [2.75, 3.05) is 6.54 Å². The molecule has 2 unspecified atom stereocenters. The Morgan fingerprint density at radius 3 is 3.12 bits per heavy atom. The van der Waals surface area contributed by atoms with Gasteiger partial charge in [-0.05, 0) is 44.6 Å². The molecule has 4 nitrogen and oxygen atoms in total. The summed E-state index contributed by atoms with van der Waals surface area (Å²) in [5, 5.41) is 11.3. The molecule has 1 aromatic heterocycles. The van der Waals surface area contributed by atoms with Crippen LogP contribution in [0, 0.1) is 6.92 Å². The highest BCUT2D eigenvalue weighted by Crippen LogP contribution is 2.24. The third-order valence-electron chi connectivity index (χ3n) is 3.23. The smallest absolute Gasteiger partial charge is 0.256 e. The zero-order chi connectivity index (χ0) is 12.4. The number of amides is 1. The molecular weight excluding hydrogens is 236 g/mol. The van der Waals surface area contributed by atoms with Gasteiger partial charge in [0.15, 0.2) is 0 Å². The number of carbonyl (C=O) groups excluding carboxylic acids is 1. The number of aliphatic hydroxyl groups excluding tert-OH is 1. The number of hydrogen-bond donors (Lipinski definition) is 1. The van der Waals surface area contributed by atoms with Gasteiger partial charge < -0.3 is 10.0 Å². The van der Waals surface area contributed by atoms with Crippen LogP contribution in [-0.4, -0.2) is 39.0 Å². The van der Waals surface area contributed by atoms with Crippen LogP contribution in [0.2, 0.25) is 0 Å². The Bertz CT molecular complexity index is 403. The summed E-state index contributed by atoms with van der Waals surface area (Å²) in [5.41, 5.74) is 1.52. The first-order valence-electron chi connectivity index (χ1n) is 5.99. The molecule has 2 atom stereocenters. The number of aryl methyl sites for hydroxylation is 1. The zero-order valence-electron chi connectivity index (χ0n) is 10.2. The van der Waals surface area contributed by atoms with E-state index in [4.69, 9.17) is 0 Å². The van der Waals surface area contributed by atoms with Gasteiger partial charge in [0.2, 0.25) is 0 Å². The minimum Gasteiger partial charge on any atom is -0.393 e. The summed E-state index contributed by atoms with van der Waals surface area (Å²) in [7, 11) is 0. The average molecular weight is 254 g/mol. The highest BCUT2D eigenvalue weighted by Gasteiger charge is 2.31. The molecule has 94 valence electrons. The van der Waals surface area contributed by atoms with Crippen molar-refractivity contribution in [1.82, 2.24) is 9.27 Å². The van der Waals surface area contributed by atoms with Crippen LogP contribution < -0.4 is 0 Å². The lowest BCUT2D eigenvalue weighted by Crippen LogP contribution is -2.37. The second-order valence-electron chi connectivity index (χ2n) is 4.69. The monoisotopic (exact) mass is 254 g/mol. The van der Waals surface area contributed by atoms with Crippen LogP contribution in [0.4, 0.5) is 0 Å². The van der Waals surface area contributed by atoms with E-state index >= 15 is 0 Å². The molecule has 1 aliphatic rings. The van der Waals surface area contributed by atoms with E-state index in [1.165, 1.54) is 11.5 Å². The summed E-state index contributed by atoms with van der Waals surface area (Å²) < 4.78 is 4.14. The van der Waals surface area contributed by atoms with Crippen molar-refractivity contribution in [3.8, 4) is 0 Å². The molecule has 0 bridgehead atoms. The SMILES string of the molecule is Cc1nscc1C(=O)N1CCCC1CC(C)O. The minimum absolute atomic E-state index is 0.0689. The molecule has 17 heavy (non-hydrogen) atoms. The molecule has 1 saturated heterocycles. The van der Waals surface area contributed by atoms with Crippen LogP contribution in [0.5, 0.6) is 0 Å². The molecule has 0 spiro atoms. The Morgan fingerprint density at radius 2 is 2.53 bits per heavy atom. The first kappa shape index (κ1) is 12.5. The Kier molecular flexibility index (Phi) is 3.79. The number of nitrogens with zero attached hydrogens (tertiary/aromatic N) is 2. The second kappa shape index (κ2) is 5.14. The van der Waals surface area contributed by atoms with Gasteiger partial charge in [0.25, 0.3) is 5.91 Å². The predicted octanol–water partition coefficient (Wildman–Crippen LogP) is 1.83. The van der Waals surface area contributed by atoms with E-state index < -0.39 is 0 Å². The van der Waals surface area contributed by atoms with Crippen LogP contribution in [0.1, 0.15) is 42.2 Å². The molecular formula is C12H18N2O2S. The maximum absolute atomic E-state index is 12.3. The van der Waals surface area contributed by atoms with Gasteiger partial charge in [0.1, 0.15) is 0 Å². The largest absolute Gasteiger partial charge is 0.393 e. The number of aromatic nitrogens is 1. The molecule has 5 heteroatoms. The van der Waals surface area contributed by atoms with Gasteiger partial charge in [-0.15, -0.1) is 0 Å². The van der Waals surface area contributed by atoms with Crippen LogP contribution in [0.25, 0.3) is 0 Å². The molecule has 2 rings (SSSR count). The van der Waals surface area contributed by atoms with E-state index in [1.807, 2.05) is 17.2 Å². The van der Waals surface area contributed by atoms with Gasteiger partial charge in [-0.25, -0.2) is 0 Å². The van der Waals surface area contributed by atoms with E-state index in [9.17, 15) is 9.90 Å². The number of likely N-dealkylation sites (tertiary alicyclic amines) is 1. The molecule has 1 aliphatic heterocycles. The van der Waals surface area contributed by atoms with Crippen molar-refractivity contribution in [2.24, 2.45) is 0 Å². The first-order chi connectivity index (χ1) is 8.09. The second-order valence-corrected chi connectivity index (χ2v) is 5.32. The van der Waals surface area contributed by atoms with Gasteiger partial charge in [-0.2, -0.15) is 4.37 Å². The fraction of sp³-hybridized carbons (Fsp3) is 0.667. The van der Waals surface area contributed by atoms with Crippen LogP contribution >= 0.6 is 11.5 Å². The van der Waals surface area contributed by atoms with E-state index in [2.05, 4.69) is 4.37 Å². The first-order valence-corrected chi connectivity index (χ1v) is 6.83. The van der Waals surface area contributed by atoms with Crippen molar-refractivity contribution in [3.63, 3.8) is 0 Å². The fourth-order valence-electron chi connectivity index (χ4n) is 2.39. The van der Waals surface area contributed by atoms with Gasteiger partial charge in [0, 0.05) is 18.0 Å². The lowest BCUT2D eigenvalue weighted by molar-refractivity contribution is 0.0681. The van der Waals surface area contributed by atoms with Crippen LogP contribution in [-0.2, 0) is 0 Å². The average Bonchev–Trinajstić information content (AvgIpc) is 2.85. The third-order valence-corrected chi connectivity index (χ3v) is 3.95. The maximum atomic E-state index is 12.3. The summed E-state index contributed by atoms with van der Waals surface area (Å²) in [4.78, 5) is 14.2. The summed E-state index contributed by atoms with van der Waals surface area (Å²) >= 11 is 1.32. The Balaban J connectivity index is 2.11. The van der Waals surface area contributed by atoms with Crippen LogP contribution in [0.15, 0.2) is 5.38 Å². The normalized spacial score (nSPS) is 21.8. The molecule has 0 aromatic carbocycles. The van der Waals surface area contributed by atoms with Crippen LogP contribution in [0.3, 0.4) is 0 Å². The van der Waals surface area contributed by atoms with Crippen molar-refractivity contribution < 1.29 is 9.90 Å². The highest BCUT2D eigenvalue weighted by molar-refractivity contribution is 7.03. The highest BCUT2D eigenvalue weighted by atomic mass is 32.1. The lowest BCUT2D eigenvalue weighted by Gasteiger charge is -2.25. The van der Waals surface area contributed by atoms with E-state index in [0.717, 1.165) is 25.1 Å². The molecule has 1 aromatic rings. The molecule has 2 heterocycles. The van der Waals surface area contributed by atoms with Gasteiger partial charge in [-0.1, -0.05) is 0 Å². The molecule has 0 radical (unpaired) electrons. The van der Waals surface area contributed by atoms with Gasteiger partial charge in [-0.3, -0.25) is 4.79 Å². The summed E-state index contributed by atoms with van der Waals surface area (Å²) in [6.45, 7) is 4.44. The predicted molar refractivity (Wildman–Crippen MR) is 67.2 cm³/mol. The standard InChI is InChI=1S/C12H18N2O2S/c1-8(15)6-10-4-3-5-14(10)12(16)11-7-17-13-9(11)2/h7-8,10,15H,3-6H2,1-2H3. The maximum Gasteiger partial charge on any atom is 0.256 e. The van der Waals surface area contributed by atoms with E-state index in [1.54, 1.807) is 6.92 Å². The number of carbonyl (C=O) groups is 1. The number of aliphatic hydroxyl groups is 1. The Morgan fingerprint density at radius 1 is 1.76 bits per heavy atom. The van der Waals surface area contributed by atoms with Gasteiger partial charge in [0.05, 0.1) is 17.4 Å². The third kappa shape index (κ3) is 2.66. The summed E-state index contributed by atoms with van der Waals surface area (Å²) in [5.74, 6) is 0.0689. The van der Waals surface area contributed by atoms with Crippen molar-refractivity contribution in [2.45, 2.75) is 45.3 Å².